The number of hydrogen-bond acceptors (Lipinski definition) is 8. The topological polar surface area (TPSA) is 234 Å². The highest BCUT2D eigenvalue weighted by atomic mass is 16.4. The molecule has 0 saturated heterocycles. The number of aliphatic carboxylic acids is 1. The van der Waals surface area contributed by atoms with E-state index < -0.39 is 54.3 Å². The zero-order valence-electron chi connectivity index (χ0n) is 20.4. The van der Waals surface area contributed by atoms with Crippen molar-refractivity contribution >= 4 is 29.6 Å². The molecular formula is C25H31N5O8. The molecule has 3 atom stereocenters. The fourth-order valence-corrected chi connectivity index (χ4v) is 3.45. The average Bonchev–Trinajstić information content (AvgIpc) is 2.86. The van der Waals surface area contributed by atoms with Crippen molar-refractivity contribution in [3.05, 3.63) is 59.7 Å². The molecule has 204 valence electrons. The molecule has 38 heavy (non-hydrogen) atoms. The van der Waals surface area contributed by atoms with Crippen molar-refractivity contribution in [1.82, 2.24) is 16.0 Å². The van der Waals surface area contributed by atoms with Gasteiger partial charge in [-0.15, -0.1) is 0 Å². The van der Waals surface area contributed by atoms with Crippen LogP contribution in [0.15, 0.2) is 48.5 Å². The largest absolute Gasteiger partial charge is 0.508 e. The summed E-state index contributed by atoms with van der Waals surface area (Å²) in [4.78, 5) is 60.6. The molecule has 0 aromatic heterocycles. The minimum atomic E-state index is -1.31. The molecule has 0 aliphatic heterocycles. The lowest BCUT2D eigenvalue weighted by atomic mass is 10.0. The van der Waals surface area contributed by atoms with Crippen LogP contribution < -0.4 is 27.4 Å². The molecule has 2 aromatic rings. The number of benzene rings is 2. The van der Waals surface area contributed by atoms with Gasteiger partial charge in [0.15, 0.2) is 0 Å². The van der Waals surface area contributed by atoms with Gasteiger partial charge < -0.3 is 42.7 Å². The smallest absolute Gasteiger partial charge is 0.322 e. The predicted octanol–water partition coefficient (Wildman–Crippen LogP) is -1.35. The SMILES string of the molecule is NC(=O)CCC(NC(=O)C(Cc1ccc(O)cc1)NC(=O)C(N)Cc1ccc(O)cc1)C(=O)NCC(=O)O. The average molecular weight is 530 g/mol. The van der Waals surface area contributed by atoms with Gasteiger partial charge in [-0.25, -0.2) is 0 Å². The van der Waals surface area contributed by atoms with Gasteiger partial charge in [0.25, 0.3) is 0 Å². The van der Waals surface area contributed by atoms with E-state index in [1.54, 1.807) is 24.3 Å². The Morgan fingerprint density at radius 2 is 1.24 bits per heavy atom. The normalized spacial score (nSPS) is 13.0. The molecule has 0 aliphatic rings. The lowest BCUT2D eigenvalue weighted by molar-refractivity contribution is -0.138. The lowest BCUT2D eigenvalue weighted by Crippen LogP contribution is -2.57. The molecular weight excluding hydrogens is 498 g/mol. The first-order valence-corrected chi connectivity index (χ1v) is 11.6. The summed E-state index contributed by atoms with van der Waals surface area (Å²) in [6, 6.07) is 8.40. The highest BCUT2D eigenvalue weighted by Crippen LogP contribution is 2.13. The van der Waals surface area contributed by atoms with Gasteiger partial charge in [-0.2, -0.15) is 0 Å². The number of carbonyl (C=O) groups is 5. The maximum Gasteiger partial charge on any atom is 0.322 e. The van der Waals surface area contributed by atoms with Crippen LogP contribution in [0.25, 0.3) is 0 Å². The van der Waals surface area contributed by atoms with E-state index in [-0.39, 0.29) is 37.2 Å². The first-order valence-electron chi connectivity index (χ1n) is 11.6. The fourth-order valence-electron chi connectivity index (χ4n) is 3.45. The van der Waals surface area contributed by atoms with E-state index in [1.807, 2.05) is 0 Å². The van der Waals surface area contributed by atoms with Crippen molar-refractivity contribution in [2.75, 3.05) is 6.54 Å². The maximum absolute atomic E-state index is 13.2. The number of aromatic hydroxyl groups is 2. The molecule has 10 N–H and O–H groups in total. The number of amides is 4. The number of rotatable bonds is 14. The summed E-state index contributed by atoms with van der Waals surface area (Å²) in [7, 11) is 0. The minimum Gasteiger partial charge on any atom is -0.508 e. The molecule has 0 heterocycles. The zero-order chi connectivity index (χ0) is 28.2. The second kappa shape index (κ2) is 14.2. The van der Waals surface area contributed by atoms with Crippen molar-refractivity contribution < 1.29 is 39.3 Å². The van der Waals surface area contributed by atoms with Gasteiger partial charge in [0.05, 0.1) is 6.04 Å². The van der Waals surface area contributed by atoms with Crippen molar-refractivity contribution in [1.29, 1.82) is 0 Å². The van der Waals surface area contributed by atoms with Crippen molar-refractivity contribution in [3.8, 4) is 11.5 Å². The number of hydrogen-bond donors (Lipinski definition) is 8. The Bertz CT molecular complexity index is 1140. The Balaban J connectivity index is 2.20. The second-order valence-electron chi connectivity index (χ2n) is 8.59. The van der Waals surface area contributed by atoms with Crippen LogP contribution in [0.1, 0.15) is 24.0 Å². The molecule has 2 rings (SSSR count). The molecule has 13 heteroatoms. The first kappa shape index (κ1) is 29.6. The molecule has 0 bridgehead atoms. The number of nitrogens with one attached hydrogen (secondary N) is 3. The van der Waals surface area contributed by atoms with E-state index in [9.17, 15) is 34.2 Å². The van der Waals surface area contributed by atoms with Crippen LogP contribution in [0.3, 0.4) is 0 Å². The third-order valence-corrected chi connectivity index (χ3v) is 5.46. The van der Waals surface area contributed by atoms with Crippen LogP contribution >= 0.6 is 0 Å². The maximum atomic E-state index is 13.2. The van der Waals surface area contributed by atoms with Crippen molar-refractivity contribution in [3.63, 3.8) is 0 Å². The van der Waals surface area contributed by atoms with E-state index in [2.05, 4.69) is 16.0 Å². The predicted molar refractivity (Wildman–Crippen MR) is 135 cm³/mol. The monoisotopic (exact) mass is 529 g/mol. The van der Waals surface area contributed by atoms with Crippen LogP contribution in [-0.2, 0) is 36.8 Å². The molecule has 2 aromatic carbocycles. The van der Waals surface area contributed by atoms with Crippen LogP contribution in [0, 0.1) is 0 Å². The Morgan fingerprint density at radius 3 is 1.74 bits per heavy atom. The molecule has 3 unspecified atom stereocenters. The quantitative estimate of drug-likeness (QED) is 0.144. The third kappa shape index (κ3) is 10.1. The third-order valence-electron chi connectivity index (χ3n) is 5.46. The van der Waals surface area contributed by atoms with Gasteiger partial charge >= 0.3 is 5.97 Å². The minimum absolute atomic E-state index is 0.00340. The number of phenols is 2. The molecule has 0 saturated carbocycles. The number of nitrogens with two attached hydrogens (primary N) is 2. The first-order chi connectivity index (χ1) is 17.9. The number of carboxylic acid groups (broad SMARTS) is 1. The summed E-state index contributed by atoms with van der Waals surface area (Å²) in [6.07, 6.45) is -0.397. The number of carboxylic acids is 1. The van der Waals surface area contributed by atoms with Gasteiger partial charge in [-0.1, -0.05) is 24.3 Å². The second-order valence-corrected chi connectivity index (χ2v) is 8.59. The van der Waals surface area contributed by atoms with Gasteiger partial charge in [-0.3, -0.25) is 24.0 Å². The summed E-state index contributed by atoms with van der Waals surface area (Å²) in [5, 5.41) is 34.9. The van der Waals surface area contributed by atoms with E-state index >= 15 is 0 Å². The Hall–Kier alpha value is -4.65. The Morgan fingerprint density at radius 1 is 0.737 bits per heavy atom. The lowest BCUT2D eigenvalue weighted by Gasteiger charge is -2.24. The molecule has 4 amide bonds. The Labute approximate surface area is 218 Å². The summed E-state index contributed by atoms with van der Waals surface area (Å²) in [5.41, 5.74) is 12.4. The van der Waals surface area contributed by atoms with E-state index in [1.165, 1.54) is 24.3 Å². The molecule has 0 fully saturated rings. The summed E-state index contributed by atoms with van der Waals surface area (Å²) < 4.78 is 0. The molecule has 13 nitrogen and oxygen atoms in total. The van der Waals surface area contributed by atoms with Crippen molar-refractivity contribution in [2.45, 2.75) is 43.8 Å². The van der Waals surface area contributed by atoms with Gasteiger partial charge in [-0.05, 0) is 48.2 Å². The summed E-state index contributed by atoms with van der Waals surface area (Å²) >= 11 is 0. The van der Waals surface area contributed by atoms with E-state index in [0.717, 1.165) is 0 Å². The molecule has 0 aliphatic carbocycles. The molecule has 0 radical (unpaired) electrons. The standard InChI is InChI=1S/C25H31N5O8/c26-18(11-14-1-5-16(31)6-2-14)23(36)30-20(12-15-3-7-17(32)8-4-15)25(38)29-19(9-10-21(27)33)24(37)28-13-22(34)35/h1-8,18-20,31-32H,9-13,26H2,(H2,27,33)(H,28,37)(H,29,38)(H,30,36)(H,34,35). The van der Waals surface area contributed by atoms with Crippen molar-refractivity contribution in [2.24, 2.45) is 11.5 Å². The summed E-state index contributed by atoms with van der Waals surface area (Å²) in [5.74, 6) is -4.29. The van der Waals surface area contributed by atoms with Gasteiger partial charge in [0.2, 0.25) is 23.6 Å². The fraction of sp³-hybridized carbons (Fsp3) is 0.320. The number of carbonyl (C=O) groups excluding carboxylic acids is 4. The molecule has 0 spiro atoms. The van der Waals surface area contributed by atoms with Crippen LogP contribution in [0.5, 0.6) is 11.5 Å². The Kier molecular flexibility index (Phi) is 11.0. The van der Waals surface area contributed by atoms with E-state index in [0.29, 0.717) is 11.1 Å². The zero-order valence-corrected chi connectivity index (χ0v) is 20.4. The van der Waals surface area contributed by atoms with Crippen LogP contribution in [0.4, 0.5) is 0 Å². The van der Waals surface area contributed by atoms with Gasteiger partial charge in [0, 0.05) is 12.8 Å². The van der Waals surface area contributed by atoms with E-state index in [4.69, 9.17) is 16.6 Å². The highest BCUT2D eigenvalue weighted by Gasteiger charge is 2.29. The van der Waals surface area contributed by atoms with Gasteiger partial charge in [0.1, 0.15) is 30.1 Å². The number of primary amides is 1. The van der Waals surface area contributed by atoms with Crippen LogP contribution in [0.2, 0.25) is 0 Å². The number of phenolic OH excluding ortho intramolecular Hbond substituents is 2. The van der Waals surface area contributed by atoms with Crippen LogP contribution in [-0.4, -0.2) is 69.6 Å². The summed E-state index contributed by atoms with van der Waals surface area (Å²) in [6.45, 7) is -0.707. The highest BCUT2D eigenvalue weighted by molar-refractivity contribution is 5.94.